The molecule has 2 aromatic heterocycles. The highest BCUT2D eigenvalue weighted by molar-refractivity contribution is 6.34. The van der Waals surface area contributed by atoms with Gasteiger partial charge >= 0.3 is 0 Å². The molecule has 2 aliphatic rings. The molecule has 2 heteroatoms. The van der Waals surface area contributed by atoms with Crippen LogP contribution in [-0.2, 0) is 5.41 Å². The molecular formula is C49H32N2. The van der Waals surface area contributed by atoms with Gasteiger partial charge in [-0.05, 0) is 74.7 Å². The highest BCUT2D eigenvalue weighted by Gasteiger charge is 2.42. The van der Waals surface area contributed by atoms with Gasteiger partial charge in [-0.3, -0.25) is 0 Å². The van der Waals surface area contributed by atoms with E-state index in [1.54, 1.807) is 0 Å². The van der Waals surface area contributed by atoms with Gasteiger partial charge in [0.05, 0.1) is 27.8 Å². The summed E-state index contributed by atoms with van der Waals surface area (Å²) in [4.78, 5) is 0. The third kappa shape index (κ3) is 3.24. The van der Waals surface area contributed by atoms with E-state index in [-0.39, 0.29) is 5.41 Å². The predicted molar refractivity (Wildman–Crippen MR) is 215 cm³/mol. The molecular weight excluding hydrogens is 617 g/mol. The molecule has 0 aliphatic heterocycles. The Hall–Kier alpha value is -6.38. The van der Waals surface area contributed by atoms with Crippen molar-refractivity contribution in [2.75, 3.05) is 0 Å². The van der Waals surface area contributed by atoms with E-state index in [9.17, 15) is 0 Å². The summed E-state index contributed by atoms with van der Waals surface area (Å²) in [5, 5.41) is 7.86. The van der Waals surface area contributed by atoms with Crippen molar-refractivity contribution in [2.45, 2.75) is 19.3 Å². The third-order valence-corrected chi connectivity index (χ3v) is 12.0. The first-order valence-corrected chi connectivity index (χ1v) is 18.0. The van der Waals surface area contributed by atoms with Crippen LogP contribution in [0.5, 0.6) is 0 Å². The highest BCUT2D eigenvalue weighted by Crippen LogP contribution is 2.58. The Labute approximate surface area is 295 Å². The van der Waals surface area contributed by atoms with Gasteiger partial charge in [0.1, 0.15) is 0 Å². The van der Waals surface area contributed by atoms with Gasteiger partial charge in [0.15, 0.2) is 0 Å². The van der Waals surface area contributed by atoms with Crippen LogP contribution >= 0.6 is 0 Å². The number of nitrogens with zero attached hydrogens (tertiary/aromatic N) is 2. The van der Waals surface area contributed by atoms with E-state index < -0.39 is 0 Å². The van der Waals surface area contributed by atoms with Crippen molar-refractivity contribution >= 4 is 54.4 Å². The molecule has 2 heterocycles. The van der Waals surface area contributed by atoms with Crippen molar-refractivity contribution in [3.63, 3.8) is 0 Å². The average Bonchev–Trinajstić information content (AvgIpc) is 3.87. The van der Waals surface area contributed by atoms with Gasteiger partial charge < -0.3 is 9.13 Å². The van der Waals surface area contributed by atoms with E-state index in [0.29, 0.717) is 0 Å². The number of hydrogen-bond donors (Lipinski definition) is 0. The molecule has 0 amide bonds. The number of rotatable bonds is 2. The SMILES string of the molecule is CC1(C)c2ccccc2-c2c1c1c(c3ccccc3n1-c1ccccc1)c1c3ccccc3n(-c3ccc4c5c(cccc35)-c3ccccc3-4)c21. The Kier molecular flexibility index (Phi) is 5.08. The molecule has 0 radical (unpaired) electrons. The van der Waals surface area contributed by atoms with Crippen molar-refractivity contribution in [3.8, 4) is 44.8 Å². The van der Waals surface area contributed by atoms with Crippen LogP contribution in [0, 0.1) is 0 Å². The van der Waals surface area contributed by atoms with Gasteiger partial charge in [0.25, 0.3) is 0 Å². The van der Waals surface area contributed by atoms with Crippen LogP contribution in [0.3, 0.4) is 0 Å². The summed E-state index contributed by atoms with van der Waals surface area (Å²) in [6.45, 7) is 4.86. The first kappa shape index (κ1) is 27.4. The van der Waals surface area contributed by atoms with Gasteiger partial charge in [-0.2, -0.15) is 0 Å². The lowest BCUT2D eigenvalue weighted by Gasteiger charge is -2.24. The average molecular weight is 649 g/mol. The fourth-order valence-electron chi connectivity index (χ4n) is 10.0. The molecule has 238 valence electrons. The number of benzene rings is 8. The second kappa shape index (κ2) is 9.44. The zero-order valence-electron chi connectivity index (χ0n) is 28.4. The molecule has 2 nitrogen and oxygen atoms in total. The third-order valence-electron chi connectivity index (χ3n) is 12.0. The summed E-state index contributed by atoms with van der Waals surface area (Å²) in [6.07, 6.45) is 0. The van der Waals surface area contributed by atoms with Crippen LogP contribution in [-0.4, -0.2) is 9.13 Å². The van der Waals surface area contributed by atoms with E-state index in [1.165, 1.54) is 110 Å². The summed E-state index contributed by atoms with van der Waals surface area (Å²) < 4.78 is 5.15. The zero-order valence-corrected chi connectivity index (χ0v) is 28.4. The molecule has 0 spiro atoms. The van der Waals surface area contributed by atoms with E-state index >= 15 is 0 Å². The maximum absolute atomic E-state index is 2.61. The molecule has 51 heavy (non-hydrogen) atoms. The van der Waals surface area contributed by atoms with Gasteiger partial charge in [-0.1, -0.05) is 141 Å². The second-order valence-electron chi connectivity index (χ2n) is 14.8. The minimum atomic E-state index is -0.232. The van der Waals surface area contributed by atoms with Crippen LogP contribution in [0.1, 0.15) is 25.0 Å². The molecule has 0 unspecified atom stereocenters. The predicted octanol–water partition coefficient (Wildman–Crippen LogP) is 13.0. The monoisotopic (exact) mass is 648 g/mol. The lowest BCUT2D eigenvalue weighted by molar-refractivity contribution is 0.664. The van der Waals surface area contributed by atoms with Crippen molar-refractivity contribution in [3.05, 3.63) is 169 Å². The summed E-state index contributed by atoms with van der Waals surface area (Å²) >= 11 is 0. The maximum Gasteiger partial charge on any atom is 0.0630 e. The topological polar surface area (TPSA) is 9.86 Å². The molecule has 0 fully saturated rings. The first-order valence-electron chi connectivity index (χ1n) is 18.0. The number of hydrogen-bond acceptors (Lipinski definition) is 0. The summed E-state index contributed by atoms with van der Waals surface area (Å²) in [5.74, 6) is 0. The molecule has 0 N–H and O–H groups in total. The molecule has 0 bridgehead atoms. The van der Waals surface area contributed by atoms with Crippen LogP contribution in [0.4, 0.5) is 0 Å². The standard InChI is InChI=1S/C49H32N2/c1-49(2)38-24-11-8-19-34(38)45-46(49)48-44(36-20-9-12-25-39(36)50(48)29-15-4-3-5-16-29)43-37-21-10-13-26-40(37)51(47(43)45)41-28-27-33-31-18-7-6-17-30(31)32-22-14-23-35(41)42(32)33/h3-28H,1-2H3. The quantitative estimate of drug-likeness (QED) is 0.177. The number of aromatic nitrogens is 2. The number of fused-ring (bicyclic) bond motifs is 15. The van der Waals surface area contributed by atoms with Gasteiger partial charge in [-0.15, -0.1) is 0 Å². The molecule has 0 saturated heterocycles. The van der Waals surface area contributed by atoms with Gasteiger partial charge in [0, 0.05) is 43.6 Å². The van der Waals surface area contributed by atoms with E-state index in [1.807, 2.05) is 0 Å². The molecule has 0 atom stereocenters. The molecule has 12 rings (SSSR count). The van der Waals surface area contributed by atoms with Crippen molar-refractivity contribution in [1.82, 2.24) is 9.13 Å². The van der Waals surface area contributed by atoms with Gasteiger partial charge in [-0.25, -0.2) is 0 Å². The Morgan fingerprint density at radius 3 is 1.69 bits per heavy atom. The van der Waals surface area contributed by atoms with Gasteiger partial charge in [0.2, 0.25) is 0 Å². The largest absolute Gasteiger partial charge is 0.309 e. The smallest absolute Gasteiger partial charge is 0.0630 e. The Morgan fingerprint density at radius 1 is 0.392 bits per heavy atom. The first-order chi connectivity index (χ1) is 25.1. The summed E-state index contributed by atoms with van der Waals surface area (Å²) in [6, 6.07) is 58.7. The lowest BCUT2D eigenvalue weighted by atomic mass is 9.81. The van der Waals surface area contributed by atoms with E-state index in [2.05, 4.69) is 181 Å². The Balaban J connectivity index is 1.37. The van der Waals surface area contributed by atoms with Crippen LogP contribution in [0.2, 0.25) is 0 Å². The Bertz CT molecular complexity index is 3120. The molecule has 0 saturated carbocycles. The second-order valence-corrected chi connectivity index (χ2v) is 14.8. The van der Waals surface area contributed by atoms with Crippen molar-refractivity contribution in [1.29, 1.82) is 0 Å². The molecule has 2 aliphatic carbocycles. The van der Waals surface area contributed by atoms with Crippen LogP contribution in [0.15, 0.2) is 158 Å². The minimum Gasteiger partial charge on any atom is -0.309 e. The number of para-hydroxylation sites is 3. The maximum atomic E-state index is 2.61. The normalized spacial score (nSPS) is 13.8. The fraction of sp³-hybridized carbons (Fsp3) is 0.0612. The van der Waals surface area contributed by atoms with E-state index in [4.69, 9.17) is 0 Å². The Morgan fingerprint density at radius 2 is 0.941 bits per heavy atom. The fourth-order valence-corrected chi connectivity index (χ4v) is 10.0. The van der Waals surface area contributed by atoms with E-state index in [0.717, 1.165) is 0 Å². The minimum absolute atomic E-state index is 0.232. The molecule has 8 aromatic carbocycles. The van der Waals surface area contributed by atoms with Crippen LogP contribution < -0.4 is 0 Å². The summed E-state index contributed by atoms with van der Waals surface area (Å²) in [7, 11) is 0. The van der Waals surface area contributed by atoms with Crippen molar-refractivity contribution in [2.24, 2.45) is 0 Å². The highest BCUT2D eigenvalue weighted by atomic mass is 15.0. The lowest BCUT2D eigenvalue weighted by Crippen LogP contribution is -2.16. The zero-order chi connectivity index (χ0) is 33.6. The van der Waals surface area contributed by atoms with Crippen LogP contribution in [0.25, 0.3) is 99.1 Å². The molecule has 10 aromatic rings. The van der Waals surface area contributed by atoms with Crippen molar-refractivity contribution < 1.29 is 0 Å². The summed E-state index contributed by atoms with van der Waals surface area (Å²) in [5.41, 5.74) is 18.0.